The molecule has 0 aromatic rings. The van der Waals surface area contributed by atoms with Crippen molar-refractivity contribution >= 4 is 9.84 Å². The normalized spacial score (nSPS) is 29.0. The Morgan fingerprint density at radius 2 is 2.27 bits per heavy atom. The van der Waals surface area contributed by atoms with Crippen molar-refractivity contribution in [1.82, 2.24) is 0 Å². The fourth-order valence-electron chi connectivity index (χ4n) is 1.13. The van der Waals surface area contributed by atoms with Gasteiger partial charge in [-0.3, -0.25) is 0 Å². The molecule has 1 rings (SSSR count). The van der Waals surface area contributed by atoms with Crippen LogP contribution in [0, 0.1) is 0 Å². The molecule has 2 N–H and O–H groups in total. The van der Waals surface area contributed by atoms with E-state index in [1.807, 2.05) is 0 Å². The SMILES string of the molecule is NCCOC1CCS(=O)(=O)C1. The lowest BCUT2D eigenvalue weighted by Gasteiger charge is -2.07. The summed E-state index contributed by atoms with van der Waals surface area (Å²) < 4.78 is 27.0. The smallest absolute Gasteiger partial charge is 0.152 e. The first kappa shape index (κ1) is 8.96. The lowest BCUT2D eigenvalue weighted by atomic mass is 10.3. The van der Waals surface area contributed by atoms with Gasteiger partial charge in [-0.05, 0) is 6.42 Å². The number of nitrogens with two attached hydrogens (primary N) is 1. The second-order valence-electron chi connectivity index (χ2n) is 2.68. The summed E-state index contributed by atoms with van der Waals surface area (Å²) in [4.78, 5) is 0. The summed E-state index contributed by atoms with van der Waals surface area (Å²) >= 11 is 0. The van der Waals surface area contributed by atoms with Gasteiger partial charge in [0.05, 0.1) is 24.2 Å². The van der Waals surface area contributed by atoms with E-state index in [1.54, 1.807) is 0 Å². The Balaban J connectivity index is 2.31. The Hall–Kier alpha value is -0.130. The molecule has 1 atom stereocenters. The molecule has 11 heavy (non-hydrogen) atoms. The molecular weight excluding hydrogens is 166 g/mol. The lowest BCUT2D eigenvalue weighted by molar-refractivity contribution is 0.0770. The van der Waals surface area contributed by atoms with E-state index in [-0.39, 0.29) is 17.6 Å². The monoisotopic (exact) mass is 179 g/mol. The first-order valence-electron chi connectivity index (χ1n) is 3.66. The molecule has 1 aliphatic heterocycles. The number of hydrogen-bond acceptors (Lipinski definition) is 4. The Labute approximate surface area is 66.6 Å². The van der Waals surface area contributed by atoms with Crippen molar-refractivity contribution in [2.45, 2.75) is 12.5 Å². The van der Waals surface area contributed by atoms with Gasteiger partial charge in [-0.15, -0.1) is 0 Å². The Kier molecular flexibility index (Phi) is 2.86. The lowest BCUT2D eigenvalue weighted by Crippen LogP contribution is -2.19. The van der Waals surface area contributed by atoms with Crippen molar-refractivity contribution in [1.29, 1.82) is 0 Å². The molecule has 1 unspecified atom stereocenters. The molecule has 0 aromatic heterocycles. The van der Waals surface area contributed by atoms with Crippen molar-refractivity contribution in [3.8, 4) is 0 Å². The third-order valence-corrected chi connectivity index (χ3v) is 3.40. The molecule has 0 aromatic carbocycles. The highest BCUT2D eigenvalue weighted by molar-refractivity contribution is 7.91. The van der Waals surface area contributed by atoms with Gasteiger partial charge in [-0.1, -0.05) is 0 Å². The zero-order valence-corrected chi connectivity index (χ0v) is 7.14. The zero-order chi connectivity index (χ0) is 8.32. The van der Waals surface area contributed by atoms with Crippen LogP contribution in [0.4, 0.5) is 0 Å². The maximum absolute atomic E-state index is 10.9. The summed E-state index contributed by atoms with van der Waals surface area (Å²) in [6.45, 7) is 0.913. The minimum absolute atomic E-state index is 0.108. The van der Waals surface area contributed by atoms with E-state index in [2.05, 4.69) is 0 Å². The molecule has 0 aliphatic carbocycles. The molecule has 0 radical (unpaired) electrons. The van der Waals surface area contributed by atoms with Crippen LogP contribution in [0.2, 0.25) is 0 Å². The summed E-state index contributed by atoms with van der Waals surface area (Å²) in [5, 5.41) is 0. The molecular formula is C6H13NO3S. The summed E-state index contributed by atoms with van der Waals surface area (Å²) in [7, 11) is -2.79. The van der Waals surface area contributed by atoms with Gasteiger partial charge in [-0.25, -0.2) is 8.42 Å². The van der Waals surface area contributed by atoms with Crippen molar-refractivity contribution in [2.75, 3.05) is 24.7 Å². The van der Waals surface area contributed by atoms with E-state index in [4.69, 9.17) is 10.5 Å². The second kappa shape index (κ2) is 3.51. The van der Waals surface area contributed by atoms with E-state index in [9.17, 15) is 8.42 Å². The first-order chi connectivity index (χ1) is 5.14. The third kappa shape index (κ3) is 2.76. The van der Waals surface area contributed by atoms with Crippen LogP contribution in [0.5, 0.6) is 0 Å². The van der Waals surface area contributed by atoms with Crippen LogP contribution in [0.15, 0.2) is 0 Å². The summed E-state index contributed by atoms with van der Waals surface area (Å²) in [5.74, 6) is 0.440. The molecule has 5 heteroatoms. The Bertz CT molecular complexity index is 212. The molecule has 1 heterocycles. The number of rotatable bonds is 3. The van der Waals surface area contributed by atoms with E-state index in [0.29, 0.717) is 19.6 Å². The molecule has 1 aliphatic rings. The van der Waals surface area contributed by atoms with Gasteiger partial charge < -0.3 is 10.5 Å². The average Bonchev–Trinajstić information content (AvgIpc) is 2.26. The standard InChI is InChI=1S/C6H13NO3S/c7-2-3-10-6-1-4-11(8,9)5-6/h6H,1-5,7H2. The van der Waals surface area contributed by atoms with Gasteiger partial charge in [0, 0.05) is 6.54 Å². The van der Waals surface area contributed by atoms with Gasteiger partial charge in [-0.2, -0.15) is 0 Å². The van der Waals surface area contributed by atoms with Crippen LogP contribution in [0.3, 0.4) is 0 Å². The number of sulfone groups is 1. The van der Waals surface area contributed by atoms with Crippen LogP contribution in [-0.4, -0.2) is 39.2 Å². The van der Waals surface area contributed by atoms with Crippen molar-refractivity contribution in [3.05, 3.63) is 0 Å². The predicted octanol–water partition coefficient (Wildman–Crippen LogP) is -0.851. The second-order valence-corrected chi connectivity index (χ2v) is 4.91. The zero-order valence-electron chi connectivity index (χ0n) is 6.32. The molecule has 0 amide bonds. The molecule has 4 nitrogen and oxygen atoms in total. The highest BCUT2D eigenvalue weighted by Gasteiger charge is 2.27. The highest BCUT2D eigenvalue weighted by Crippen LogP contribution is 2.13. The largest absolute Gasteiger partial charge is 0.376 e. The molecule has 66 valence electrons. The van der Waals surface area contributed by atoms with E-state index >= 15 is 0 Å². The van der Waals surface area contributed by atoms with Gasteiger partial charge in [0.25, 0.3) is 0 Å². The minimum Gasteiger partial charge on any atom is -0.376 e. The van der Waals surface area contributed by atoms with Gasteiger partial charge >= 0.3 is 0 Å². The van der Waals surface area contributed by atoms with Crippen LogP contribution in [-0.2, 0) is 14.6 Å². The molecule has 1 saturated heterocycles. The molecule has 0 spiro atoms. The van der Waals surface area contributed by atoms with Crippen LogP contribution >= 0.6 is 0 Å². The minimum atomic E-state index is -2.79. The van der Waals surface area contributed by atoms with E-state index in [1.165, 1.54) is 0 Å². The average molecular weight is 179 g/mol. The van der Waals surface area contributed by atoms with Crippen LogP contribution in [0.1, 0.15) is 6.42 Å². The van der Waals surface area contributed by atoms with Gasteiger partial charge in [0.2, 0.25) is 0 Å². The van der Waals surface area contributed by atoms with E-state index < -0.39 is 9.84 Å². The predicted molar refractivity (Wildman–Crippen MR) is 42.1 cm³/mol. The third-order valence-electron chi connectivity index (χ3n) is 1.66. The molecule has 0 saturated carbocycles. The number of ether oxygens (including phenoxy) is 1. The fraction of sp³-hybridized carbons (Fsp3) is 1.00. The topological polar surface area (TPSA) is 69.4 Å². The Morgan fingerprint density at radius 1 is 1.55 bits per heavy atom. The molecule has 1 fully saturated rings. The van der Waals surface area contributed by atoms with Crippen molar-refractivity contribution in [2.24, 2.45) is 5.73 Å². The Morgan fingerprint density at radius 3 is 2.73 bits per heavy atom. The highest BCUT2D eigenvalue weighted by atomic mass is 32.2. The van der Waals surface area contributed by atoms with Crippen molar-refractivity contribution in [3.63, 3.8) is 0 Å². The quantitative estimate of drug-likeness (QED) is 0.612. The first-order valence-corrected chi connectivity index (χ1v) is 5.48. The summed E-state index contributed by atoms with van der Waals surface area (Å²) in [5.41, 5.74) is 5.20. The van der Waals surface area contributed by atoms with E-state index in [0.717, 1.165) is 0 Å². The molecule has 0 bridgehead atoms. The fourth-order valence-corrected chi connectivity index (χ4v) is 2.75. The maximum Gasteiger partial charge on any atom is 0.152 e. The van der Waals surface area contributed by atoms with Crippen LogP contribution < -0.4 is 5.73 Å². The number of hydrogen-bond donors (Lipinski definition) is 1. The van der Waals surface area contributed by atoms with Gasteiger partial charge in [0.15, 0.2) is 9.84 Å². The van der Waals surface area contributed by atoms with Crippen molar-refractivity contribution < 1.29 is 13.2 Å². The summed E-state index contributed by atoms with van der Waals surface area (Å²) in [6.07, 6.45) is 0.519. The summed E-state index contributed by atoms with van der Waals surface area (Å²) in [6, 6.07) is 0. The maximum atomic E-state index is 10.9. The van der Waals surface area contributed by atoms with Gasteiger partial charge in [0.1, 0.15) is 0 Å². The van der Waals surface area contributed by atoms with Crippen LogP contribution in [0.25, 0.3) is 0 Å².